The molecule has 1 aromatic rings. The van der Waals surface area contributed by atoms with Gasteiger partial charge in [-0.25, -0.2) is 0 Å². The Morgan fingerprint density at radius 1 is 1.38 bits per heavy atom. The molecular formula is C16H19N3O2. The molecule has 1 N–H and O–H groups in total. The first-order valence-corrected chi connectivity index (χ1v) is 7.37. The molecule has 5 heteroatoms. The van der Waals surface area contributed by atoms with Crippen LogP contribution in [0.15, 0.2) is 24.3 Å². The lowest BCUT2D eigenvalue weighted by Crippen LogP contribution is -2.53. The van der Waals surface area contributed by atoms with Gasteiger partial charge in [0.05, 0.1) is 24.8 Å². The standard InChI is InChI=1S/C16H19N3O2/c17-9-12-1-3-13(4-2-12)10-19-7-8-21-11-15(19)16(20)18-14-5-6-14/h1-4,14-15H,5-8,10-11H2,(H,18,20). The van der Waals surface area contributed by atoms with Gasteiger partial charge in [0, 0.05) is 19.1 Å². The fourth-order valence-corrected chi connectivity index (χ4v) is 2.51. The Hall–Kier alpha value is -1.90. The van der Waals surface area contributed by atoms with E-state index in [1.54, 1.807) is 0 Å². The first kappa shape index (κ1) is 14.1. The SMILES string of the molecule is N#Cc1ccc(CN2CCOCC2C(=O)NC2CC2)cc1. The van der Waals surface area contributed by atoms with Crippen LogP contribution in [0.25, 0.3) is 0 Å². The minimum absolute atomic E-state index is 0.0749. The Bertz CT molecular complexity index is 546. The van der Waals surface area contributed by atoms with Crippen molar-refractivity contribution in [1.29, 1.82) is 5.26 Å². The summed E-state index contributed by atoms with van der Waals surface area (Å²) in [5, 5.41) is 11.9. The quantitative estimate of drug-likeness (QED) is 0.897. The highest BCUT2D eigenvalue weighted by atomic mass is 16.5. The normalized spacial score (nSPS) is 22.5. The number of ether oxygens (including phenoxy) is 1. The lowest BCUT2D eigenvalue weighted by Gasteiger charge is -2.34. The second-order valence-corrected chi connectivity index (χ2v) is 5.65. The van der Waals surface area contributed by atoms with Crippen molar-refractivity contribution >= 4 is 5.91 Å². The van der Waals surface area contributed by atoms with Crippen molar-refractivity contribution in [2.45, 2.75) is 31.5 Å². The van der Waals surface area contributed by atoms with Crippen molar-refractivity contribution in [3.63, 3.8) is 0 Å². The number of amides is 1. The van der Waals surface area contributed by atoms with Crippen LogP contribution in [-0.4, -0.2) is 42.6 Å². The van der Waals surface area contributed by atoms with E-state index < -0.39 is 0 Å². The van der Waals surface area contributed by atoms with E-state index in [1.807, 2.05) is 24.3 Å². The average molecular weight is 285 g/mol. The van der Waals surface area contributed by atoms with Crippen LogP contribution in [0.4, 0.5) is 0 Å². The van der Waals surface area contributed by atoms with Gasteiger partial charge in [-0.3, -0.25) is 9.69 Å². The first-order chi connectivity index (χ1) is 10.3. The molecule has 0 spiro atoms. The second-order valence-electron chi connectivity index (χ2n) is 5.65. The zero-order valence-electron chi connectivity index (χ0n) is 11.9. The van der Waals surface area contributed by atoms with Crippen molar-refractivity contribution in [3.05, 3.63) is 35.4 Å². The van der Waals surface area contributed by atoms with Crippen molar-refractivity contribution < 1.29 is 9.53 Å². The summed E-state index contributed by atoms with van der Waals surface area (Å²) in [6, 6.07) is 9.80. The highest BCUT2D eigenvalue weighted by molar-refractivity contribution is 5.82. The van der Waals surface area contributed by atoms with E-state index in [1.165, 1.54) is 0 Å². The van der Waals surface area contributed by atoms with Gasteiger partial charge in [0.15, 0.2) is 0 Å². The van der Waals surface area contributed by atoms with Gasteiger partial charge in [0.1, 0.15) is 6.04 Å². The molecule has 1 amide bonds. The van der Waals surface area contributed by atoms with Crippen LogP contribution in [0, 0.1) is 11.3 Å². The molecule has 1 atom stereocenters. The van der Waals surface area contributed by atoms with Gasteiger partial charge in [0.2, 0.25) is 5.91 Å². The van der Waals surface area contributed by atoms with Crippen LogP contribution in [0.5, 0.6) is 0 Å². The molecule has 5 nitrogen and oxygen atoms in total. The van der Waals surface area contributed by atoms with E-state index in [2.05, 4.69) is 16.3 Å². The molecule has 1 aromatic carbocycles. The number of benzene rings is 1. The zero-order chi connectivity index (χ0) is 14.7. The monoisotopic (exact) mass is 285 g/mol. The summed E-state index contributed by atoms with van der Waals surface area (Å²) >= 11 is 0. The predicted octanol–water partition coefficient (Wildman–Crippen LogP) is 1.04. The number of rotatable bonds is 4. The molecule has 2 aliphatic rings. The summed E-state index contributed by atoms with van der Waals surface area (Å²) in [4.78, 5) is 14.4. The predicted molar refractivity (Wildman–Crippen MR) is 77.3 cm³/mol. The summed E-state index contributed by atoms with van der Waals surface area (Å²) < 4.78 is 5.46. The zero-order valence-corrected chi connectivity index (χ0v) is 11.9. The molecule has 0 radical (unpaired) electrons. The lowest BCUT2D eigenvalue weighted by molar-refractivity contribution is -0.133. The van der Waals surface area contributed by atoms with Crippen molar-refractivity contribution in [3.8, 4) is 6.07 Å². The summed E-state index contributed by atoms with van der Waals surface area (Å²) in [6.07, 6.45) is 2.18. The third-order valence-corrected chi connectivity index (χ3v) is 3.93. The molecule has 1 saturated carbocycles. The molecule has 0 bridgehead atoms. The Balaban J connectivity index is 1.65. The maximum absolute atomic E-state index is 12.3. The molecule has 2 fully saturated rings. The molecule has 3 rings (SSSR count). The lowest BCUT2D eigenvalue weighted by atomic mass is 10.1. The largest absolute Gasteiger partial charge is 0.378 e. The fourth-order valence-electron chi connectivity index (χ4n) is 2.51. The number of hydrogen-bond acceptors (Lipinski definition) is 4. The number of hydrogen-bond donors (Lipinski definition) is 1. The van der Waals surface area contributed by atoms with Crippen LogP contribution in [-0.2, 0) is 16.1 Å². The highest BCUT2D eigenvalue weighted by Crippen LogP contribution is 2.20. The van der Waals surface area contributed by atoms with Crippen molar-refractivity contribution in [2.24, 2.45) is 0 Å². The Kier molecular flexibility index (Phi) is 4.18. The Labute approximate surface area is 124 Å². The van der Waals surface area contributed by atoms with Crippen LogP contribution in [0.1, 0.15) is 24.0 Å². The van der Waals surface area contributed by atoms with Gasteiger partial charge in [-0.2, -0.15) is 5.26 Å². The number of nitrogens with zero attached hydrogens (tertiary/aromatic N) is 2. The van der Waals surface area contributed by atoms with Gasteiger partial charge in [-0.1, -0.05) is 12.1 Å². The van der Waals surface area contributed by atoms with E-state index in [0.29, 0.717) is 31.4 Å². The smallest absolute Gasteiger partial charge is 0.239 e. The Morgan fingerprint density at radius 3 is 2.81 bits per heavy atom. The minimum Gasteiger partial charge on any atom is -0.378 e. The van der Waals surface area contributed by atoms with E-state index in [0.717, 1.165) is 24.9 Å². The maximum Gasteiger partial charge on any atom is 0.239 e. The average Bonchev–Trinajstić information content (AvgIpc) is 3.32. The third kappa shape index (κ3) is 3.60. The molecule has 1 saturated heterocycles. The first-order valence-electron chi connectivity index (χ1n) is 7.37. The molecule has 110 valence electrons. The molecular weight excluding hydrogens is 266 g/mol. The maximum atomic E-state index is 12.3. The number of carbonyl (C=O) groups is 1. The number of carbonyl (C=O) groups excluding carboxylic acids is 1. The summed E-state index contributed by atoms with van der Waals surface area (Å²) in [5.74, 6) is 0.0749. The van der Waals surface area contributed by atoms with E-state index in [9.17, 15) is 4.79 Å². The van der Waals surface area contributed by atoms with Gasteiger partial charge in [0.25, 0.3) is 0 Å². The van der Waals surface area contributed by atoms with Crippen LogP contribution in [0.3, 0.4) is 0 Å². The molecule has 1 aliphatic carbocycles. The minimum atomic E-state index is -0.213. The van der Waals surface area contributed by atoms with Gasteiger partial charge in [-0.05, 0) is 30.5 Å². The van der Waals surface area contributed by atoms with Gasteiger partial charge >= 0.3 is 0 Å². The van der Waals surface area contributed by atoms with E-state index in [-0.39, 0.29) is 11.9 Å². The van der Waals surface area contributed by atoms with Gasteiger partial charge in [-0.15, -0.1) is 0 Å². The third-order valence-electron chi connectivity index (χ3n) is 3.93. The van der Waals surface area contributed by atoms with Crippen LogP contribution < -0.4 is 5.32 Å². The van der Waals surface area contributed by atoms with Crippen molar-refractivity contribution in [2.75, 3.05) is 19.8 Å². The summed E-state index contributed by atoms with van der Waals surface area (Å²) in [7, 11) is 0. The number of nitrogens with one attached hydrogen (secondary N) is 1. The summed E-state index contributed by atoms with van der Waals surface area (Å²) in [6.45, 7) is 2.57. The van der Waals surface area contributed by atoms with E-state index >= 15 is 0 Å². The second kappa shape index (κ2) is 6.25. The van der Waals surface area contributed by atoms with Gasteiger partial charge < -0.3 is 10.1 Å². The molecule has 1 aliphatic heterocycles. The number of morpholine rings is 1. The van der Waals surface area contributed by atoms with E-state index in [4.69, 9.17) is 10.00 Å². The molecule has 1 unspecified atom stereocenters. The topological polar surface area (TPSA) is 65.4 Å². The van der Waals surface area contributed by atoms with Crippen LogP contribution in [0.2, 0.25) is 0 Å². The molecule has 21 heavy (non-hydrogen) atoms. The van der Waals surface area contributed by atoms with Crippen molar-refractivity contribution in [1.82, 2.24) is 10.2 Å². The highest BCUT2D eigenvalue weighted by Gasteiger charge is 2.33. The molecule has 1 heterocycles. The number of nitriles is 1. The van der Waals surface area contributed by atoms with Crippen LogP contribution >= 0.6 is 0 Å². The molecule has 0 aromatic heterocycles. The fraction of sp³-hybridized carbons (Fsp3) is 0.500. The Morgan fingerprint density at radius 2 is 2.14 bits per heavy atom. The summed E-state index contributed by atoms with van der Waals surface area (Å²) in [5.41, 5.74) is 1.77.